The van der Waals surface area contributed by atoms with E-state index in [0.29, 0.717) is 0 Å². The van der Waals surface area contributed by atoms with Crippen LogP contribution in [0.25, 0.3) is 22.6 Å². The quantitative estimate of drug-likeness (QED) is 0.625. The molecule has 0 saturated carbocycles. The molecule has 21 heavy (non-hydrogen) atoms. The Morgan fingerprint density at radius 3 is 2.57 bits per heavy atom. The highest BCUT2D eigenvalue weighted by molar-refractivity contribution is 14.1. The van der Waals surface area contributed by atoms with E-state index >= 15 is 0 Å². The zero-order valence-corrected chi connectivity index (χ0v) is 14.5. The molecule has 106 valence electrons. The summed E-state index contributed by atoms with van der Waals surface area (Å²) in [4.78, 5) is 9.44. The molecule has 0 spiro atoms. The molecule has 0 amide bonds. The zero-order valence-electron chi connectivity index (χ0n) is 11.5. The third kappa shape index (κ3) is 3.08. The van der Waals surface area contributed by atoms with Crippen molar-refractivity contribution in [2.45, 2.75) is 6.92 Å². The molecule has 0 fully saturated rings. The van der Waals surface area contributed by atoms with Crippen LogP contribution in [0.15, 0.2) is 47.2 Å². The van der Waals surface area contributed by atoms with Crippen molar-refractivity contribution in [1.82, 2.24) is 9.97 Å². The van der Waals surface area contributed by atoms with Crippen molar-refractivity contribution in [1.29, 1.82) is 0 Å². The molecule has 1 aromatic carbocycles. The third-order valence-corrected chi connectivity index (χ3v) is 4.73. The van der Waals surface area contributed by atoms with Crippen LogP contribution in [0.3, 0.4) is 0 Å². The minimum atomic E-state index is 0.770. The highest BCUT2D eigenvalue weighted by Gasteiger charge is 2.14. The Balaban J connectivity index is 2.18. The van der Waals surface area contributed by atoms with Crippen molar-refractivity contribution >= 4 is 39.7 Å². The summed E-state index contributed by atoms with van der Waals surface area (Å²) in [6, 6.07) is 12.3. The van der Waals surface area contributed by atoms with Crippen molar-refractivity contribution in [2.24, 2.45) is 0 Å². The molecule has 0 aliphatic carbocycles. The minimum absolute atomic E-state index is 0.770. The first-order valence-electron chi connectivity index (χ1n) is 6.69. The average Bonchev–Trinajstić information content (AvgIpc) is 3.05. The lowest BCUT2D eigenvalue weighted by atomic mass is 10.1. The Morgan fingerprint density at radius 2 is 1.90 bits per heavy atom. The number of anilines is 1. The second-order valence-electron chi connectivity index (χ2n) is 4.47. The maximum Gasteiger partial charge on any atom is 0.163 e. The summed E-state index contributed by atoms with van der Waals surface area (Å²) in [7, 11) is 0. The fourth-order valence-corrected chi connectivity index (χ4v) is 3.42. The highest BCUT2D eigenvalue weighted by Crippen LogP contribution is 2.31. The van der Waals surface area contributed by atoms with Gasteiger partial charge < -0.3 is 5.32 Å². The second-order valence-corrected chi connectivity index (χ2v) is 6.33. The van der Waals surface area contributed by atoms with Gasteiger partial charge in [0.25, 0.3) is 0 Å². The second kappa shape index (κ2) is 6.53. The Hall–Kier alpha value is -1.47. The number of hydrogen-bond acceptors (Lipinski definition) is 4. The van der Waals surface area contributed by atoms with Gasteiger partial charge in [-0.15, -0.1) is 0 Å². The van der Waals surface area contributed by atoms with Gasteiger partial charge in [0.2, 0.25) is 0 Å². The molecular weight excluding hydrogens is 393 g/mol. The molecule has 3 rings (SSSR count). The first-order chi connectivity index (χ1) is 10.3. The van der Waals surface area contributed by atoms with Gasteiger partial charge in [0.1, 0.15) is 5.82 Å². The number of nitrogens with zero attached hydrogens (tertiary/aromatic N) is 2. The molecular formula is C16H14IN3S. The van der Waals surface area contributed by atoms with Gasteiger partial charge in [-0.05, 0) is 41.0 Å². The molecule has 0 atom stereocenters. The van der Waals surface area contributed by atoms with E-state index in [1.54, 1.807) is 11.3 Å². The van der Waals surface area contributed by atoms with E-state index in [4.69, 9.17) is 4.98 Å². The molecule has 2 aromatic heterocycles. The normalized spacial score (nSPS) is 10.6. The average molecular weight is 407 g/mol. The summed E-state index contributed by atoms with van der Waals surface area (Å²) in [6.45, 7) is 2.91. The molecule has 0 unspecified atom stereocenters. The summed E-state index contributed by atoms with van der Waals surface area (Å²) in [5, 5.41) is 7.46. The Morgan fingerprint density at radius 1 is 1.10 bits per heavy atom. The number of benzene rings is 1. The molecule has 0 saturated heterocycles. The largest absolute Gasteiger partial charge is 0.369 e. The number of aromatic nitrogens is 2. The number of thiophene rings is 1. The molecule has 1 N–H and O–H groups in total. The number of hydrogen-bond donors (Lipinski definition) is 1. The lowest BCUT2D eigenvalue weighted by molar-refractivity contribution is 1.11. The monoisotopic (exact) mass is 407 g/mol. The molecule has 2 heterocycles. The van der Waals surface area contributed by atoms with E-state index in [2.05, 4.69) is 63.4 Å². The third-order valence-electron chi connectivity index (χ3n) is 3.02. The molecule has 3 aromatic rings. The first-order valence-corrected chi connectivity index (χ1v) is 8.71. The van der Waals surface area contributed by atoms with E-state index in [1.165, 1.54) is 0 Å². The van der Waals surface area contributed by atoms with Crippen LogP contribution < -0.4 is 5.32 Å². The molecule has 0 aliphatic heterocycles. The van der Waals surface area contributed by atoms with Gasteiger partial charge in [0, 0.05) is 23.1 Å². The molecule has 0 aliphatic rings. The topological polar surface area (TPSA) is 37.8 Å². The van der Waals surface area contributed by atoms with Gasteiger partial charge in [-0.1, -0.05) is 30.3 Å². The van der Waals surface area contributed by atoms with E-state index in [0.717, 1.165) is 38.6 Å². The number of nitrogens with one attached hydrogen (secondary N) is 1. The SMILES string of the molecule is CCNc1nc(-c2ccsc2)nc(-c2ccccc2)c1I. The summed E-state index contributed by atoms with van der Waals surface area (Å²) in [6.07, 6.45) is 0. The first kappa shape index (κ1) is 14.5. The predicted octanol–water partition coefficient (Wildman–Crippen LogP) is 4.91. The van der Waals surface area contributed by atoms with Gasteiger partial charge in [0.05, 0.1) is 9.26 Å². The molecule has 0 bridgehead atoms. The van der Waals surface area contributed by atoms with Crippen molar-refractivity contribution < 1.29 is 0 Å². The fraction of sp³-hybridized carbons (Fsp3) is 0.125. The fourth-order valence-electron chi connectivity index (χ4n) is 2.04. The number of rotatable bonds is 4. The van der Waals surface area contributed by atoms with Crippen LogP contribution in [0.1, 0.15) is 6.92 Å². The summed E-state index contributed by atoms with van der Waals surface area (Å²) >= 11 is 3.97. The smallest absolute Gasteiger partial charge is 0.163 e. The van der Waals surface area contributed by atoms with Crippen molar-refractivity contribution in [3.63, 3.8) is 0 Å². The van der Waals surface area contributed by atoms with Crippen LogP contribution in [-0.4, -0.2) is 16.5 Å². The summed E-state index contributed by atoms with van der Waals surface area (Å²) < 4.78 is 1.06. The highest BCUT2D eigenvalue weighted by atomic mass is 127. The van der Waals surface area contributed by atoms with Crippen molar-refractivity contribution in [2.75, 3.05) is 11.9 Å². The van der Waals surface area contributed by atoms with Crippen LogP contribution in [0.5, 0.6) is 0 Å². The van der Waals surface area contributed by atoms with Crippen LogP contribution in [0, 0.1) is 3.57 Å². The van der Waals surface area contributed by atoms with E-state index < -0.39 is 0 Å². The van der Waals surface area contributed by atoms with Gasteiger partial charge in [-0.3, -0.25) is 0 Å². The Kier molecular flexibility index (Phi) is 4.50. The maximum absolute atomic E-state index is 4.78. The van der Waals surface area contributed by atoms with E-state index in [1.807, 2.05) is 23.6 Å². The van der Waals surface area contributed by atoms with Gasteiger partial charge in [-0.2, -0.15) is 11.3 Å². The minimum Gasteiger partial charge on any atom is -0.369 e. The van der Waals surface area contributed by atoms with Gasteiger partial charge in [-0.25, -0.2) is 9.97 Å². The van der Waals surface area contributed by atoms with Crippen LogP contribution >= 0.6 is 33.9 Å². The lowest BCUT2D eigenvalue weighted by Gasteiger charge is -2.12. The number of halogens is 1. The van der Waals surface area contributed by atoms with Gasteiger partial charge in [0.15, 0.2) is 5.82 Å². The van der Waals surface area contributed by atoms with Crippen LogP contribution in [-0.2, 0) is 0 Å². The molecule has 3 nitrogen and oxygen atoms in total. The lowest BCUT2D eigenvalue weighted by Crippen LogP contribution is -2.06. The zero-order chi connectivity index (χ0) is 14.7. The molecule has 5 heteroatoms. The summed E-state index contributed by atoms with van der Waals surface area (Å²) in [5.74, 6) is 1.67. The predicted molar refractivity (Wildman–Crippen MR) is 97.7 cm³/mol. The standard InChI is InChI=1S/C16H14IN3S/c1-2-18-16-13(17)14(11-6-4-3-5-7-11)19-15(20-16)12-8-9-21-10-12/h3-10H,2H2,1H3,(H,18,19,20). The van der Waals surface area contributed by atoms with Crippen LogP contribution in [0.4, 0.5) is 5.82 Å². The Labute approximate surface area is 141 Å². The van der Waals surface area contributed by atoms with Crippen molar-refractivity contribution in [3.05, 3.63) is 50.7 Å². The van der Waals surface area contributed by atoms with Crippen molar-refractivity contribution in [3.8, 4) is 22.6 Å². The molecule has 0 radical (unpaired) electrons. The maximum atomic E-state index is 4.78. The van der Waals surface area contributed by atoms with E-state index in [-0.39, 0.29) is 0 Å². The summed E-state index contributed by atoms with van der Waals surface area (Å²) in [5.41, 5.74) is 3.15. The van der Waals surface area contributed by atoms with Crippen LogP contribution in [0.2, 0.25) is 0 Å². The Bertz CT molecular complexity index is 727. The van der Waals surface area contributed by atoms with Gasteiger partial charge >= 0.3 is 0 Å². The van der Waals surface area contributed by atoms with E-state index in [9.17, 15) is 0 Å².